The Morgan fingerprint density at radius 1 is 1.32 bits per heavy atom. The van der Waals surface area contributed by atoms with Crippen LogP contribution in [0.1, 0.15) is 11.1 Å². The Bertz CT molecular complexity index is 557. The van der Waals surface area contributed by atoms with E-state index in [0.717, 1.165) is 10.0 Å². The van der Waals surface area contributed by atoms with Crippen molar-refractivity contribution < 1.29 is 4.39 Å². The highest BCUT2D eigenvalue weighted by molar-refractivity contribution is 9.10. The van der Waals surface area contributed by atoms with Gasteiger partial charge in [-0.15, -0.1) is 0 Å². The third kappa shape index (κ3) is 3.52. The van der Waals surface area contributed by atoms with Crippen molar-refractivity contribution in [3.8, 4) is 0 Å². The van der Waals surface area contributed by atoms with E-state index in [2.05, 4.69) is 20.9 Å². The van der Waals surface area contributed by atoms with E-state index in [0.29, 0.717) is 17.9 Å². The Morgan fingerprint density at radius 3 is 2.63 bits per heavy atom. The van der Waals surface area contributed by atoms with Crippen molar-refractivity contribution in [3.63, 3.8) is 0 Å². The first-order chi connectivity index (χ1) is 9.10. The summed E-state index contributed by atoms with van der Waals surface area (Å²) in [6.45, 7) is 0.962. The average Bonchev–Trinajstić information content (AvgIpc) is 2.41. The van der Waals surface area contributed by atoms with Gasteiger partial charge in [0, 0.05) is 30.2 Å². The van der Waals surface area contributed by atoms with Crippen LogP contribution in [0.15, 0.2) is 41.0 Å². The lowest BCUT2D eigenvalue weighted by atomic mass is 10.2. The summed E-state index contributed by atoms with van der Waals surface area (Å²) in [5.41, 5.74) is 7.49. The van der Waals surface area contributed by atoms with Crippen LogP contribution in [0.25, 0.3) is 0 Å². The molecule has 1 heterocycles. The summed E-state index contributed by atoms with van der Waals surface area (Å²) in [5.74, 6) is 0.355. The van der Waals surface area contributed by atoms with Crippen LogP contribution in [-0.2, 0) is 13.1 Å². The number of rotatable bonds is 4. The van der Waals surface area contributed by atoms with E-state index in [1.165, 1.54) is 12.3 Å². The van der Waals surface area contributed by atoms with Crippen LogP contribution >= 0.6 is 15.9 Å². The molecule has 0 unspecified atom stereocenters. The van der Waals surface area contributed by atoms with E-state index < -0.39 is 0 Å². The fourth-order valence-electron chi connectivity index (χ4n) is 1.91. The van der Waals surface area contributed by atoms with Crippen molar-refractivity contribution in [2.75, 3.05) is 11.9 Å². The molecule has 0 aliphatic carbocycles. The van der Waals surface area contributed by atoms with Crippen LogP contribution in [0.5, 0.6) is 0 Å². The zero-order chi connectivity index (χ0) is 13.8. The first-order valence-electron chi connectivity index (χ1n) is 5.90. The first kappa shape index (κ1) is 14.0. The monoisotopic (exact) mass is 323 g/mol. The van der Waals surface area contributed by atoms with Crippen molar-refractivity contribution in [1.82, 2.24) is 4.98 Å². The molecule has 0 saturated carbocycles. The van der Waals surface area contributed by atoms with Crippen molar-refractivity contribution in [2.45, 2.75) is 13.1 Å². The lowest BCUT2D eigenvalue weighted by Gasteiger charge is -2.21. The predicted octanol–water partition coefficient (Wildman–Crippen LogP) is 3.08. The van der Waals surface area contributed by atoms with Gasteiger partial charge in [0.1, 0.15) is 11.6 Å². The quantitative estimate of drug-likeness (QED) is 0.940. The summed E-state index contributed by atoms with van der Waals surface area (Å²) in [6, 6.07) is 9.48. The summed E-state index contributed by atoms with van der Waals surface area (Å²) >= 11 is 3.40. The van der Waals surface area contributed by atoms with Crippen LogP contribution in [0.3, 0.4) is 0 Å². The van der Waals surface area contributed by atoms with E-state index in [1.54, 1.807) is 0 Å². The smallest absolute Gasteiger partial charge is 0.141 e. The van der Waals surface area contributed by atoms with Crippen LogP contribution < -0.4 is 10.6 Å². The molecule has 0 amide bonds. The largest absolute Gasteiger partial charge is 0.355 e. The minimum absolute atomic E-state index is 0.269. The lowest BCUT2D eigenvalue weighted by molar-refractivity contribution is 0.617. The molecule has 0 aliphatic heterocycles. The summed E-state index contributed by atoms with van der Waals surface area (Å²) in [5, 5.41) is 0. The van der Waals surface area contributed by atoms with Crippen LogP contribution in [0, 0.1) is 5.82 Å². The molecular formula is C14H15BrFN3. The molecule has 0 radical (unpaired) electrons. The van der Waals surface area contributed by atoms with Gasteiger partial charge in [0.25, 0.3) is 0 Å². The number of hydrogen-bond donors (Lipinski definition) is 1. The average molecular weight is 324 g/mol. The van der Waals surface area contributed by atoms with Crippen molar-refractivity contribution >= 4 is 21.7 Å². The molecule has 2 rings (SSSR count). The number of nitrogens with zero attached hydrogens (tertiary/aromatic N) is 2. The van der Waals surface area contributed by atoms with Gasteiger partial charge in [0.2, 0.25) is 0 Å². The standard InChI is InChI=1S/C14H15BrFN3/c1-19(9-10-2-4-12(15)5-3-10)14-11(7-17)6-13(16)8-18-14/h2-6,8H,7,9,17H2,1H3. The first-order valence-corrected chi connectivity index (χ1v) is 6.69. The highest BCUT2D eigenvalue weighted by atomic mass is 79.9. The van der Waals surface area contributed by atoms with E-state index in [-0.39, 0.29) is 12.4 Å². The van der Waals surface area contributed by atoms with Gasteiger partial charge in [0.15, 0.2) is 0 Å². The van der Waals surface area contributed by atoms with E-state index in [9.17, 15) is 4.39 Å². The molecule has 19 heavy (non-hydrogen) atoms. The molecule has 5 heteroatoms. The van der Waals surface area contributed by atoms with Gasteiger partial charge in [-0.05, 0) is 23.8 Å². The molecule has 2 aromatic rings. The Morgan fingerprint density at radius 2 is 2.00 bits per heavy atom. The zero-order valence-corrected chi connectivity index (χ0v) is 12.2. The second-order valence-electron chi connectivity index (χ2n) is 4.32. The van der Waals surface area contributed by atoms with Gasteiger partial charge in [-0.25, -0.2) is 9.37 Å². The molecule has 0 fully saturated rings. The Kier molecular flexibility index (Phi) is 4.50. The summed E-state index contributed by atoms with van der Waals surface area (Å²) in [4.78, 5) is 6.09. The second kappa shape index (κ2) is 6.12. The Balaban J connectivity index is 2.19. The van der Waals surface area contributed by atoms with Gasteiger partial charge < -0.3 is 10.6 Å². The van der Waals surface area contributed by atoms with Gasteiger partial charge >= 0.3 is 0 Å². The number of aromatic nitrogens is 1. The summed E-state index contributed by atoms with van der Waals surface area (Å²) in [7, 11) is 1.92. The SMILES string of the molecule is CN(Cc1ccc(Br)cc1)c1ncc(F)cc1CN. The van der Waals surface area contributed by atoms with Gasteiger partial charge in [-0.1, -0.05) is 28.1 Å². The van der Waals surface area contributed by atoms with Crippen LogP contribution in [0.4, 0.5) is 10.2 Å². The lowest BCUT2D eigenvalue weighted by Crippen LogP contribution is -2.20. The number of halogens is 2. The molecular weight excluding hydrogens is 309 g/mol. The van der Waals surface area contributed by atoms with E-state index in [4.69, 9.17) is 5.73 Å². The van der Waals surface area contributed by atoms with Gasteiger partial charge in [-0.3, -0.25) is 0 Å². The Labute approximate surface area is 120 Å². The predicted molar refractivity (Wildman–Crippen MR) is 78.3 cm³/mol. The maximum Gasteiger partial charge on any atom is 0.141 e. The number of benzene rings is 1. The molecule has 0 aliphatic rings. The highest BCUT2D eigenvalue weighted by Crippen LogP contribution is 2.19. The number of pyridine rings is 1. The van der Waals surface area contributed by atoms with Crippen molar-refractivity contribution in [3.05, 3.63) is 57.9 Å². The van der Waals surface area contributed by atoms with Crippen LogP contribution in [-0.4, -0.2) is 12.0 Å². The topological polar surface area (TPSA) is 42.2 Å². The molecule has 0 atom stereocenters. The van der Waals surface area contributed by atoms with E-state index >= 15 is 0 Å². The molecule has 1 aromatic heterocycles. The number of anilines is 1. The summed E-state index contributed by atoms with van der Waals surface area (Å²) in [6.07, 6.45) is 1.21. The highest BCUT2D eigenvalue weighted by Gasteiger charge is 2.10. The Hall–Kier alpha value is -1.46. The van der Waals surface area contributed by atoms with Gasteiger partial charge in [-0.2, -0.15) is 0 Å². The van der Waals surface area contributed by atoms with Crippen molar-refractivity contribution in [2.24, 2.45) is 5.73 Å². The summed E-state index contributed by atoms with van der Waals surface area (Å²) < 4.78 is 14.2. The maximum absolute atomic E-state index is 13.1. The molecule has 0 saturated heterocycles. The van der Waals surface area contributed by atoms with Gasteiger partial charge in [0.05, 0.1) is 6.20 Å². The minimum atomic E-state index is -0.360. The number of hydrogen-bond acceptors (Lipinski definition) is 3. The third-order valence-electron chi connectivity index (χ3n) is 2.82. The molecule has 1 aromatic carbocycles. The minimum Gasteiger partial charge on any atom is -0.355 e. The molecule has 2 N–H and O–H groups in total. The second-order valence-corrected chi connectivity index (χ2v) is 5.24. The van der Waals surface area contributed by atoms with E-state index in [1.807, 2.05) is 36.2 Å². The molecule has 100 valence electrons. The zero-order valence-electron chi connectivity index (χ0n) is 10.6. The fraction of sp³-hybridized carbons (Fsp3) is 0.214. The maximum atomic E-state index is 13.1. The third-order valence-corrected chi connectivity index (χ3v) is 3.35. The fourth-order valence-corrected chi connectivity index (χ4v) is 2.17. The molecule has 0 spiro atoms. The molecule has 3 nitrogen and oxygen atoms in total. The normalized spacial score (nSPS) is 10.5. The number of nitrogens with two attached hydrogens (primary N) is 1. The van der Waals surface area contributed by atoms with Crippen molar-refractivity contribution in [1.29, 1.82) is 0 Å². The van der Waals surface area contributed by atoms with Crippen LogP contribution in [0.2, 0.25) is 0 Å². The molecule has 0 bridgehead atoms.